The number of hydrogen-bond acceptors (Lipinski definition) is 4. The molecule has 2 aliphatic rings. The van der Waals surface area contributed by atoms with Gasteiger partial charge in [-0.1, -0.05) is 246 Å². The van der Waals surface area contributed by atoms with Gasteiger partial charge in [-0.15, -0.1) is 53.6 Å². The van der Waals surface area contributed by atoms with Crippen molar-refractivity contribution in [1.82, 2.24) is 9.55 Å². The predicted octanol–water partition coefficient (Wildman–Crippen LogP) is 22.2. The fourth-order valence-electron chi connectivity index (χ4n) is 13.5. The standard InChI is InChI=1S/C84H77N4O.Pt/c1-80(2,3)53-55-43-70(56-27-15-13-16-28-56)79(71(44-55)57-29-17-14-18-30-57)87-54-86(75-37-25-26-38-76(75)87)63-48-62(84(61-46-59(82(7,8)9)45-60(47-61)83(10,11)12)72-34-22-19-31-66(72)67-32-20-23-35-73(67)84)49-65(51-63)89-64-39-40-69-68-33-21-24-36-74(68)88(77(69)52-64)78-50-58(41-42-85-78)81(4,5)6;/h13-50,54H,53H2,1-12H3;/q-3;/i53D2;. The first-order valence-corrected chi connectivity index (χ1v) is 31.3. The van der Waals surface area contributed by atoms with Crippen LogP contribution in [-0.2, 0) is 49.1 Å². The van der Waals surface area contributed by atoms with E-state index < -0.39 is 17.2 Å². The van der Waals surface area contributed by atoms with Crippen LogP contribution in [0.4, 0.5) is 22.7 Å². The van der Waals surface area contributed by atoms with Crippen molar-refractivity contribution in [3.05, 3.63) is 294 Å². The average molecular weight is 1360 g/mol. The Morgan fingerprint density at radius 3 is 1.60 bits per heavy atom. The molecule has 5 nitrogen and oxygen atoms in total. The molecule has 0 unspecified atom stereocenters. The van der Waals surface area contributed by atoms with E-state index in [9.17, 15) is 2.74 Å². The van der Waals surface area contributed by atoms with Crippen molar-refractivity contribution in [2.24, 2.45) is 5.41 Å². The van der Waals surface area contributed by atoms with E-state index in [1.165, 1.54) is 44.5 Å². The van der Waals surface area contributed by atoms with Crippen LogP contribution in [0.2, 0.25) is 0 Å². The molecule has 0 saturated heterocycles. The summed E-state index contributed by atoms with van der Waals surface area (Å²) in [5.74, 6) is 1.88. The molecule has 10 aromatic carbocycles. The fraction of sp³-hybridized carbons (Fsp3) is 0.214. The minimum atomic E-state index is -1.69. The van der Waals surface area contributed by atoms with Crippen LogP contribution in [-0.4, -0.2) is 9.55 Å². The summed E-state index contributed by atoms with van der Waals surface area (Å²) in [6.45, 7) is 28.8. The molecule has 0 N–H and O–H groups in total. The Labute approximate surface area is 550 Å². The largest absolute Gasteiger partial charge is 0.509 e. The summed E-state index contributed by atoms with van der Waals surface area (Å²) in [5.41, 5.74) is 18.5. The van der Waals surface area contributed by atoms with Crippen LogP contribution in [0.25, 0.3) is 61.0 Å². The van der Waals surface area contributed by atoms with E-state index in [4.69, 9.17) is 9.72 Å². The van der Waals surface area contributed by atoms with Gasteiger partial charge in [0.15, 0.2) is 0 Å². The first kappa shape index (κ1) is 57.7. The Hall–Kier alpha value is -8.76. The molecule has 1 aliphatic heterocycles. The number of benzene rings is 10. The summed E-state index contributed by atoms with van der Waals surface area (Å²) < 4.78 is 29.2. The van der Waals surface area contributed by atoms with Crippen LogP contribution in [0.15, 0.2) is 231 Å². The molecule has 2 aromatic heterocycles. The number of pyridine rings is 1. The van der Waals surface area contributed by atoms with Crippen LogP contribution < -0.4 is 14.5 Å². The Balaban J connectivity index is 0.00000773. The summed E-state index contributed by atoms with van der Waals surface area (Å²) >= 11 is 0. The smallest absolute Gasteiger partial charge is 0.135 e. The van der Waals surface area contributed by atoms with E-state index in [0.29, 0.717) is 17.1 Å². The number of fused-ring (bicyclic) bond motifs is 7. The van der Waals surface area contributed by atoms with Crippen LogP contribution in [0, 0.1) is 24.2 Å². The van der Waals surface area contributed by atoms with Gasteiger partial charge in [0.05, 0.1) is 0 Å². The Morgan fingerprint density at radius 2 is 1.01 bits per heavy atom. The normalized spacial score (nSPS) is 14.2. The van der Waals surface area contributed by atoms with Crippen molar-refractivity contribution >= 4 is 44.6 Å². The Bertz CT molecular complexity index is 4670. The van der Waals surface area contributed by atoms with Crippen molar-refractivity contribution in [1.29, 1.82) is 0 Å². The second kappa shape index (κ2) is 22.6. The average Bonchev–Trinajstić information content (AvgIpc) is 1.51. The van der Waals surface area contributed by atoms with Crippen LogP contribution in [0.5, 0.6) is 11.5 Å². The van der Waals surface area contributed by atoms with Crippen molar-refractivity contribution in [2.75, 3.05) is 9.80 Å². The third-order valence-corrected chi connectivity index (χ3v) is 17.9. The quantitative estimate of drug-likeness (QED) is 0.128. The van der Waals surface area contributed by atoms with Crippen LogP contribution in [0.1, 0.15) is 130 Å². The minimum Gasteiger partial charge on any atom is -0.509 e. The molecule has 0 saturated carbocycles. The molecule has 3 heterocycles. The molecule has 0 fully saturated rings. The van der Waals surface area contributed by atoms with E-state index in [0.717, 1.165) is 78.2 Å². The maximum Gasteiger partial charge on any atom is 0.135 e. The number of anilines is 4. The molecule has 12 aromatic rings. The van der Waals surface area contributed by atoms with Gasteiger partial charge in [0.25, 0.3) is 0 Å². The first-order valence-electron chi connectivity index (χ1n) is 32.3. The van der Waals surface area contributed by atoms with Crippen molar-refractivity contribution in [2.45, 2.75) is 111 Å². The van der Waals surface area contributed by atoms with Gasteiger partial charge in [0, 0.05) is 80.6 Å². The second-order valence-corrected chi connectivity index (χ2v) is 28.3. The molecule has 452 valence electrons. The predicted molar refractivity (Wildman–Crippen MR) is 372 cm³/mol. The van der Waals surface area contributed by atoms with Gasteiger partial charge in [-0.25, -0.2) is 4.98 Å². The molecule has 0 amide bonds. The molecule has 0 bridgehead atoms. The number of para-hydroxylation sites is 3. The number of hydrogen-bond donors (Lipinski definition) is 0. The zero-order chi connectivity index (χ0) is 63.6. The van der Waals surface area contributed by atoms with Gasteiger partial charge in [0.2, 0.25) is 0 Å². The van der Waals surface area contributed by atoms with Crippen LogP contribution in [0.3, 0.4) is 0 Å². The second-order valence-electron chi connectivity index (χ2n) is 28.3. The van der Waals surface area contributed by atoms with Gasteiger partial charge < -0.3 is 19.1 Å². The van der Waals surface area contributed by atoms with Crippen molar-refractivity contribution in [3.8, 4) is 50.7 Å². The van der Waals surface area contributed by atoms with Gasteiger partial charge in [-0.05, 0) is 137 Å². The van der Waals surface area contributed by atoms with Crippen molar-refractivity contribution < 1.29 is 28.5 Å². The molecule has 0 spiro atoms. The van der Waals surface area contributed by atoms with Crippen LogP contribution >= 0.6 is 0 Å². The maximum absolute atomic E-state index is 9.78. The van der Waals surface area contributed by atoms with Gasteiger partial charge in [-0.2, -0.15) is 6.07 Å². The summed E-state index contributed by atoms with van der Waals surface area (Å²) in [4.78, 5) is 9.59. The molecule has 6 heteroatoms. The zero-order valence-electron chi connectivity index (χ0n) is 55.5. The van der Waals surface area contributed by atoms with Crippen molar-refractivity contribution in [3.63, 3.8) is 0 Å². The number of ether oxygens (including phenoxy) is 1. The molecular formula is C84H77N4OPt-3. The maximum atomic E-state index is 9.78. The van der Waals surface area contributed by atoms with E-state index in [2.05, 4.69) is 302 Å². The fourth-order valence-corrected chi connectivity index (χ4v) is 13.5. The third-order valence-electron chi connectivity index (χ3n) is 17.9. The monoisotopic (exact) mass is 1350 g/mol. The Morgan fingerprint density at radius 1 is 0.478 bits per heavy atom. The number of nitrogens with zero attached hydrogens (tertiary/aromatic N) is 4. The molecule has 14 rings (SSSR count). The molecular weight excluding hydrogens is 1280 g/mol. The summed E-state index contributed by atoms with van der Waals surface area (Å²) in [6.07, 6.45) is 0.222. The van der Waals surface area contributed by atoms with Gasteiger partial charge in [-0.3, -0.25) is 0 Å². The molecule has 1 aliphatic carbocycles. The van der Waals surface area contributed by atoms with Gasteiger partial charge in [0.1, 0.15) is 5.82 Å². The Kier molecular flexibility index (Phi) is 14.5. The van der Waals surface area contributed by atoms with E-state index in [-0.39, 0.29) is 37.3 Å². The minimum absolute atomic E-state index is 0. The molecule has 90 heavy (non-hydrogen) atoms. The summed E-state index contributed by atoms with van der Waals surface area (Å²) in [5, 5.41) is 2.15. The summed E-state index contributed by atoms with van der Waals surface area (Å²) in [6, 6.07) is 88.3. The third kappa shape index (κ3) is 10.7. The van der Waals surface area contributed by atoms with E-state index in [1.54, 1.807) is 0 Å². The van der Waals surface area contributed by atoms with E-state index in [1.807, 2.05) is 45.2 Å². The first-order chi connectivity index (χ1) is 43.4. The molecule has 0 radical (unpaired) electrons. The number of aromatic nitrogens is 2. The van der Waals surface area contributed by atoms with E-state index >= 15 is 0 Å². The summed E-state index contributed by atoms with van der Waals surface area (Å²) in [7, 11) is 0. The zero-order valence-corrected chi connectivity index (χ0v) is 55.8. The molecule has 0 atom stereocenters. The number of rotatable bonds is 10. The topological polar surface area (TPSA) is 33.5 Å². The van der Waals surface area contributed by atoms with Gasteiger partial charge >= 0.3 is 0 Å². The SMILES string of the molecule is [2H]C([2H])(c1cc(-c2ccccc2)c(N2[CH-]N(c3[c-]c(Oc4[c-]c5c(cc4)c4ccccc4n5-c4cc(C(C)(C)C)ccn4)cc(C4(c5cc(C(C)(C)C)cc(C(C)(C)C)c5)c5ccccc5-c5ccccc54)c3)c3ccccc32)c(-c2ccccc2)c1)C(C)(C)C.[Pt].